The number of carbonyl (C=O) groups is 2. The Kier molecular flexibility index (Phi) is 8.15. The molecule has 2 aromatic carbocycles. The maximum absolute atomic E-state index is 13.4. The molecule has 34 heavy (non-hydrogen) atoms. The average Bonchev–Trinajstić information content (AvgIpc) is 2.82. The van der Waals surface area contributed by atoms with Gasteiger partial charge in [0.2, 0.25) is 5.91 Å². The number of non-ortho nitro benzene ring substituents is 1. The molecule has 0 bridgehead atoms. The van der Waals surface area contributed by atoms with Crippen LogP contribution in [0.4, 0.5) is 5.69 Å². The second kappa shape index (κ2) is 11.2. The van der Waals surface area contributed by atoms with E-state index in [1.54, 1.807) is 19.9 Å². The number of dihydropyridines is 1. The first-order valence-electron chi connectivity index (χ1n) is 10.7. The van der Waals surface area contributed by atoms with Gasteiger partial charge in [-0.15, -0.1) is 0 Å². The summed E-state index contributed by atoms with van der Waals surface area (Å²) in [7, 11) is 1.49. The number of benzene rings is 2. The van der Waals surface area contributed by atoms with Crippen molar-refractivity contribution in [3.8, 4) is 0 Å². The van der Waals surface area contributed by atoms with Gasteiger partial charge < -0.3 is 20.1 Å². The minimum absolute atomic E-state index is 0.0337. The molecule has 9 nitrogen and oxygen atoms in total. The third-order valence-electron chi connectivity index (χ3n) is 5.46. The summed E-state index contributed by atoms with van der Waals surface area (Å²) < 4.78 is 10.3. The van der Waals surface area contributed by atoms with Crippen molar-refractivity contribution in [1.29, 1.82) is 0 Å². The summed E-state index contributed by atoms with van der Waals surface area (Å²) in [5.74, 6) is -1.87. The SMILES string of the molecule is COCCOC(=O)C1=C(C)NC(C)=C(C(=O)NCc2ccccc2)C1c1cccc([N+](=O)[O-])c1. The molecule has 9 heteroatoms. The Hall–Kier alpha value is -3.98. The normalized spacial score (nSPS) is 15.6. The number of rotatable bonds is 9. The van der Waals surface area contributed by atoms with E-state index in [0.717, 1.165) is 5.56 Å². The van der Waals surface area contributed by atoms with Gasteiger partial charge in [-0.3, -0.25) is 14.9 Å². The van der Waals surface area contributed by atoms with Crippen molar-refractivity contribution in [3.63, 3.8) is 0 Å². The molecule has 2 N–H and O–H groups in total. The van der Waals surface area contributed by atoms with E-state index in [9.17, 15) is 19.7 Å². The first-order chi connectivity index (χ1) is 16.3. The first-order valence-corrected chi connectivity index (χ1v) is 10.7. The molecule has 3 rings (SSSR count). The number of nitrogens with zero attached hydrogens (tertiary/aromatic N) is 1. The summed E-state index contributed by atoms with van der Waals surface area (Å²) in [6.45, 7) is 3.98. The predicted octanol–water partition coefficient (Wildman–Crippen LogP) is 3.34. The maximum Gasteiger partial charge on any atom is 0.336 e. The molecule has 2 aromatic rings. The number of hydrogen-bond donors (Lipinski definition) is 2. The number of methoxy groups -OCH3 is 1. The molecule has 0 fully saturated rings. The largest absolute Gasteiger partial charge is 0.460 e. The number of amides is 1. The molecular weight excluding hydrogens is 438 g/mol. The van der Waals surface area contributed by atoms with E-state index in [-0.39, 0.29) is 36.9 Å². The predicted molar refractivity (Wildman–Crippen MR) is 125 cm³/mol. The summed E-state index contributed by atoms with van der Waals surface area (Å²) >= 11 is 0. The number of hydrogen-bond acceptors (Lipinski definition) is 7. The van der Waals surface area contributed by atoms with E-state index in [0.29, 0.717) is 22.5 Å². The Morgan fingerprint density at radius 3 is 2.41 bits per heavy atom. The van der Waals surface area contributed by atoms with Crippen molar-refractivity contribution in [3.05, 3.63) is 98.4 Å². The molecule has 0 saturated carbocycles. The highest BCUT2D eigenvalue weighted by molar-refractivity contribution is 6.02. The Bertz CT molecular complexity index is 1140. The van der Waals surface area contributed by atoms with Gasteiger partial charge in [0.25, 0.3) is 5.69 Å². The van der Waals surface area contributed by atoms with E-state index < -0.39 is 16.8 Å². The molecule has 0 aliphatic carbocycles. The number of esters is 1. The van der Waals surface area contributed by atoms with Crippen LogP contribution in [-0.2, 0) is 25.6 Å². The van der Waals surface area contributed by atoms with E-state index in [1.807, 2.05) is 30.3 Å². The third kappa shape index (κ3) is 5.68. The van der Waals surface area contributed by atoms with Crippen LogP contribution in [0.1, 0.15) is 30.9 Å². The number of allylic oxidation sites excluding steroid dienone is 2. The monoisotopic (exact) mass is 465 g/mol. The van der Waals surface area contributed by atoms with Crippen LogP contribution in [0.3, 0.4) is 0 Å². The molecule has 0 aromatic heterocycles. The van der Waals surface area contributed by atoms with Crippen molar-refractivity contribution < 1.29 is 24.0 Å². The molecule has 1 unspecified atom stereocenters. The quantitative estimate of drug-likeness (QED) is 0.252. The number of carbonyl (C=O) groups excluding carboxylic acids is 2. The minimum atomic E-state index is -0.855. The van der Waals surface area contributed by atoms with Gasteiger partial charge in [0, 0.05) is 42.8 Å². The molecule has 0 radical (unpaired) electrons. The summed E-state index contributed by atoms with van der Waals surface area (Å²) in [5, 5.41) is 17.4. The standard InChI is InChI=1S/C25H27N3O6/c1-16-21(24(29)26-15-18-8-5-4-6-9-18)23(19-10-7-11-20(14-19)28(31)32)22(17(2)27-16)25(30)34-13-12-33-3/h4-11,14,23,27H,12-13,15H2,1-3H3,(H,26,29). The maximum atomic E-state index is 13.4. The smallest absolute Gasteiger partial charge is 0.336 e. The number of ether oxygens (including phenoxy) is 2. The van der Waals surface area contributed by atoms with Gasteiger partial charge in [0.15, 0.2) is 0 Å². The number of nitro benzene ring substituents is 1. The Balaban J connectivity index is 2.02. The number of nitro groups is 1. The number of nitrogens with one attached hydrogen (secondary N) is 2. The summed E-state index contributed by atoms with van der Waals surface area (Å²) in [6.07, 6.45) is 0. The average molecular weight is 466 g/mol. The van der Waals surface area contributed by atoms with Crippen molar-refractivity contribution in [2.75, 3.05) is 20.3 Å². The Morgan fingerprint density at radius 2 is 1.74 bits per heavy atom. The fourth-order valence-electron chi connectivity index (χ4n) is 3.89. The van der Waals surface area contributed by atoms with Gasteiger partial charge >= 0.3 is 5.97 Å². The Morgan fingerprint density at radius 1 is 1.03 bits per heavy atom. The molecule has 1 heterocycles. The zero-order valence-electron chi connectivity index (χ0n) is 19.3. The third-order valence-corrected chi connectivity index (χ3v) is 5.46. The van der Waals surface area contributed by atoms with Crippen molar-refractivity contribution in [2.45, 2.75) is 26.3 Å². The van der Waals surface area contributed by atoms with Crippen LogP contribution < -0.4 is 10.6 Å². The van der Waals surface area contributed by atoms with Crippen molar-refractivity contribution >= 4 is 17.6 Å². The van der Waals surface area contributed by atoms with Gasteiger partial charge in [-0.25, -0.2) is 4.79 Å². The zero-order valence-corrected chi connectivity index (χ0v) is 19.3. The molecule has 1 atom stereocenters. The van der Waals surface area contributed by atoms with Gasteiger partial charge in [0.05, 0.1) is 23.0 Å². The molecule has 178 valence electrons. The first kappa shape index (κ1) is 24.7. The van der Waals surface area contributed by atoms with Crippen molar-refractivity contribution in [2.24, 2.45) is 0 Å². The topological polar surface area (TPSA) is 120 Å². The molecule has 1 aliphatic rings. The van der Waals surface area contributed by atoms with Gasteiger partial charge in [-0.05, 0) is 25.0 Å². The van der Waals surface area contributed by atoms with E-state index in [1.165, 1.54) is 25.3 Å². The second-order valence-corrected chi connectivity index (χ2v) is 7.78. The van der Waals surface area contributed by atoms with E-state index in [2.05, 4.69) is 10.6 Å². The van der Waals surface area contributed by atoms with Crippen LogP contribution >= 0.6 is 0 Å². The van der Waals surface area contributed by atoms with Crippen LogP contribution in [0, 0.1) is 10.1 Å². The fraction of sp³-hybridized carbons (Fsp3) is 0.280. The lowest BCUT2D eigenvalue weighted by atomic mass is 9.80. The molecular formula is C25H27N3O6. The highest BCUT2D eigenvalue weighted by Gasteiger charge is 2.37. The van der Waals surface area contributed by atoms with Gasteiger partial charge in [-0.2, -0.15) is 0 Å². The van der Waals surface area contributed by atoms with Crippen LogP contribution in [0.15, 0.2) is 77.1 Å². The van der Waals surface area contributed by atoms with Crippen molar-refractivity contribution in [1.82, 2.24) is 10.6 Å². The molecule has 0 saturated heterocycles. The van der Waals surface area contributed by atoms with E-state index in [4.69, 9.17) is 9.47 Å². The highest BCUT2D eigenvalue weighted by Crippen LogP contribution is 2.39. The van der Waals surface area contributed by atoms with Gasteiger partial charge in [-0.1, -0.05) is 42.5 Å². The molecule has 1 amide bonds. The van der Waals surface area contributed by atoms with Crippen LogP contribution in [0.5, 0.6) is 0 Å². The Labute approximate surface area is 197 Å². The van der Waals surface area contributed by atoms with Gasteiger partial charge in [0.1, 0.15) is 6.61 Å². The lowest BCUT2D eigenvalue weighted by molar-refractivity contribution is -0.384. The van der Waals surface area contributed by atoms with Crippen LogP contribution in [0.2, 0.25) is 0 Å². The molecule has 0 spiro atoms. The van der Waals surface area contributed by atoms with Crippen LogP contribution in [-0.4, -0.2) is 37.1 Å². The minimum Gasteiger partial charge on any atom is -0.460 e. The summed E-state index contributed by atoms with van der Waals surface area (Å²) in [6, 6.07) is 15.4. The summed E-state index contributed by atoms with van der Waals surface area (Å²) in [4.78, 5) is 37.4. The summed E-state index contributed by atoms with van der Waals surface area (Å²) in [5.41, 5.74) is 2.79. The fourth-order valence-corrected chi connectivity index (χ4v) is 3.89. The zero-order chi connectivity index (χ0) is 24.7. The lowest BCUT2D eigenvalue weighted by Crippen LogP contribution is -2.36. The second-order valence-electron chi connectivity index (χ2n) is 7.78. The highest BCUT2D eigenvalue weighted by atomic mass is 16.6. The van der Waals surface area contributed by atoms with Crippen LogP contribution in [0.25, 0.3) is 0 Å². The molecule has 1 aliphatic heterocycles. The lowest BCUT2D eigenvalue weighted by Gasteiger charge is -2.31. The van der Waals surface area contributed by atoms with E-state index >= 15 is 0 Å².